The molecule has 2 bridgehead atoms. The van der Waals surface area contributed by atoms with E-state index in [-0.39, 0.29) is 11.5 Å². The zero-order chi connectivity index (χ0) is 13.2. The number of aliphatic hydroxyl groups excluding tert-OH is 1. The van der Waals surface area contributed by atoms with E-state index in [1.165, 1.54) is 25.7 Å². The van der Waals surface area contributed by atoms with Gasteiger partial charge in [0.25, 0.3) is 0 Å². The van der Waals surface area contributed by atoms with Gasteiger partial charge in [-0.3, -0.25) is 0 Å². The second-order valence-electron chi connectivity index (χ2n) is 8.13. The van der Waals surface area contributed by atoms with Crippen LogP contribution in [-0.4, -0.2) is 24.4 Å². The molecule has 3 rings (SSSR count). The molecule has 3 saturated carbocycles. The van der Waals surface area contributed by atoms with Crippen LogP contribution in [0.2, 0.25) is 0 Å². The third-order valence-corrected chi connectivity index (χ3v) is 6.70. The Morgan fingerprint density at radius 2 is 1.83 bits per heavy atom. The molecule has 2 nitrogen and oxygen atoms in total. The molecule has 0 radical (unpaired) electrons. The van der Waals surface area contributed by atoms with E-state index in [0.29, 0.717) is 16.9 Å². The van der Waals surface area contributed by atoms with Crippen molar-refractivity contribution < 1.29 is 9.84 Å². The van der Waals surface area contributed by atoms with Gasteiger partial charge >= 0.3 is 0 Å². The lowest BCUT2D eigenvalue weighted by Crippen LogP contribution is -2.54. The fourth-order valence-electron chi connectivity index (χ4n) is 5.84. The Labute approximate surface area is 111 Å². The number of methoxy groups -OCH3 is 1. The smallest absolute Gasteiger partial charge is 0.0635 e. The summed E-state index contributed by atoms with van der Waals surface area (Å²) in [6, 6.07) is 0. The van der Waals surface area contributed by atoms with E-state index in [1.807, 2.05) is 7.11 Å². The third-order valence-electron chi connectivity index (χ3n) is 6.70. The van der Waals surface area contributed by atoms with E-state index < -0.39 is 0 Å². The lowest BCUT2D eigenvalue weighted by atomic mass is 9.49. The molecule has 0 unspecified atom stereocenters. The lowest BCUT2D eigenvalue weighted by molar-refractivity contribution is -0.150. The molecule has 104 valence electrons. The van der Waals surface area contributed by atoms with Crippen LogP contribution in [0.15, 0.2) is 0 Å². The maximum Gasteiger partial charge on any atom is 0.0635 e. The first-order valence-electron chi connectivity index (χ1n) is 7.55. The van der Waals surface area contributed by atoms with Crippen LogP contribution in [-0.2, 0) is 4.74 Å². The van der Waals surface area contributed by atoms with E-state index in [9.17, 15) is 5.11 Å². The van der Waals surface area contributed by atoms with Crippen LogP contribution in [0.3, 0.4) is 0 Å². The predicted molar refractivity (Wildman–Crippen MR) is 72.3 cm³/mol. The van der Waals surface area contributed by atoms with Gasteiger partial charge in [-0.2, -0.15) is 0 Å². The molecule has 3 aliphatic carbocycles. The lowest BCUT2D eigenvalue weighted by Gasteiger charge is -2.57. The Bertz CT molecular complexity index is 351. The van der Waals surface area contributed by atoms with Crippen molar-refractivity contribution in [2.45, 2.75) is 71.5 Å². The van der Waals surface area contributed by atoms with Crippen LogP contribution in [0.1, 0.15) is 59.3 Å². The topological polar surface area (TPSA) is 29.5 Å². The average molecular weight is 252 g/mol. The van der Waals surface area contributed by atoms with Crippen LogP contribution in [0.5, 0.6) is 0 Å². The van der Waals surface area contributed by atoms with Crippen molar-refractivity contribution in [3.05, 3.63) is 0 Å². The van der Waals surface area contributed by atoms with Gasteiger partial charge in [-0.15, -0.1) is 0 Å². The summed E-state index contributed by atoms with van der Waals surface area (Å²) in [5.74, 6) is 0.788. The highest BCUT2D eigenvalue weighted by Gasteiger charge is 2.64. The molecular formula is C16H28O2. The molecule has 5 atom stereocenters. The summed E-state index contributed by atoms with van der Waals surface area (Å²) in [5.41, 5.74) is 0.904. The summed E-state index contributed by atoms with van der Waals surface area (Å²) in [7, 11) is 1.88. The van der Waals surface area contributed by atoms with Gasteiger partial charge in [0, 0.05) is 12.5 Å². The van der Waals surface area contributed by atoms with Gasteiger partial charge in [0.05, 0.1) is 12.2 Å². The number of fused-ring (bicyclic) bond motifs is 1. The largest absolute Gasteiger partial charge is 0.393 e. The zero-order valence-electron chi connectivity index (χ0n) is 12.3. The summed E-state index contributed by atoms with van der Waals surface area (Å²) >= 11 is 0. The first kappa shape index (κ1) is 12.9. The molecule has 18 heavy (non-hydrogen) atoms. The predicted octanol–water partition coefficient (Wildman–Crippen LogP) is 3.38. The molecule has 0 saturated heterocycles. The first-order chi connectivity index (χ1) is 8.34. The molecule has 1 spiro atoms. The van der Waals surface area contributed by atoms with Crippen LogP contribution >= 0.6 is 0 Å². The van der Waals surface area contributed by atoms with Crippen molar-refractivity contribution in [1.29, 1.82) is 0 Å². The molecular weight excluding hydrogens is 224 g/mol. The summed E-state index contributed by atoms with van der Waals surface area (Å²) in [6.07, 6.45) is 7.30. The molecule has 0 heterocycles. The average Bonchev–Trinajstić information content (AvgIpc) is 2.52. The number of hydrogen-bond acceptors (Lipinski definition) is 2. The van der Waals surface area contributed by atoms with E-state index >= 15 is 0 Å². The molecule has 0 aliphatic heterocycles. The molecule has 0 aromatic rings. The summed E-state index contributed by atoms with van der Waals surface area (Å²) in [6.45, 7) is 7.14. The second kappa shape index (κ2) is 3.73. The highest BCUT2D eigenvalue weighted by atomic mass is 16.5. The van der Waals surface area contributed by atoms with E-state index in [4.69, 9.17) is 4.74 Å². The highest BCUT2D eigenvalue weighted by Crippen LogP contribution is 2.69. The van der Waals surface area contributed by atoms with Crippen LogP contribution in [0.25, 0.3) is 0 Å². The van der Waals surface area contributed by atoms with Crippen molar-refractivity contribution in [3.63, 3.8) is 0 Å². The maximum absolute atomic E-state index is 10.3. The van der Waals surface area contributed by atoms with Crippen LogP contribution in [0.4, 0.5) is 0 Å². The van der Waals surface area contributed by atoms with Gasteiger partial charge in [-0.1, -0.05) is 20.8 Å². The summed E-state index contributed by atoms with van der Waals surface area (Å²) in [4.78, 5) is 0. The van der Waals surface area contributed by atoms with Crippen molar-refractivity contribution in [1.82, 2.24) is 0 Å². The van der Waals surface area contributed by atoms with Crippen molar-refractivity contribution in [2.24, 2.45) is 22.2 Å². The molecule has 0 aromatic heterocycles. The third kappa shape index (κ3) is 1.48. The van der Waals surface area contributed by atoms with Crippen molar-refractivity contribution in [3.8, 4) is 0 Å². The SMILES string of the molecule is CO[C@H]1CC(C)(C)[C@@H]2CC[C@@]3(C)C[C@]12CC[C@@H]3O. The van der Waals surface area contributed by atoms with E-state index in [2.05, 4.69) is 20.8 Å². The molecule has 2 heteroatoms. The van der Waals surface area contributed by atoms with Crippen LogP contribution in [0, 0.1) is 22.2 Å². The Kier molecular flexibility index (Phi) is 2.68. The van der Waals surface area contributed by atoms with E-state index in [0.717, 1.165) is 18.8 Å². The normalized spacial score (nSPS) is 54.2. The standard InChI is InChI=1S/C16H28O2/c1-14(2)9-13(18-4)16-8-6-12(17)15(3,10-16)7-5-11(14)16/h11-13,17H,5-10H2,1-4H3/t11-,12-,13-,15-,16-/m0/s1. The minimum absolute atomic E-state index is 0.0923. The van der Waals surface area contributed by atoms with Gasteiger partial charge in [-0.05, 0) is 55.3 Å². The molecule has 0 aromatic carbocycles. The second-order valence-corrected chi connectivity index (χ2v) is 8.13. The maximum atomic E-state index is 10.3. The quantitative estimate of drug-likeness (QED) is 0.775. The van der Waals surface area contributed by atoms with Crippen molar-refractivity contribution >= 4 is 0 Å². The molecule has 1 N–H and O–H groups in total. The minimum Gasteiger partial charge on any atom is -0.393 e. The Hall–Kier alpha value is -0.0800. The Balaban J connectivity index is 2.00. The highest BCUT2D eigenvalue weighted by molar-refractivity contribution is 5.14. The van der Waals surface area contributed by atoms with Gasteiger partial charge < -0.3 is 9.84 Å². The number of ether oxygens (including phenoxy) is 1. The number of aliphatic hydroxyl groups is 1. The number of hydrogen-bond donors (Lipinski definition) is 1. The number of rotatable bonds is 1. The zero-order valence-corrected chi connectivity index (χ0v) is 12.3. The van der Waals surface area contributed by atoms with Gasteiger partial charge in [0.15, 0.2) is 0 Å². The van der Waals surface area contributed by atoms with Gasteiger partial charge in [0.1, 0.15) is 0 Å². The molecule has 0 amide bonds. The van der Waals surface area contributed by atoms with Gasteiger partial charge in [-0.25, -0.2) is 0 Å². The van der Waals surface area contributed by atoms with E-state index in [1.54, 1.807) is 0 Å². The molecule has 3 fully saturated rings. The molecule has 3 aliphatic rings. The van der Waals surface area contributed by atoms with Crippen LogP contribution < -0.4 is 0 Å². The first-order valence-corrected chi connectivity index (χ1v) is 7.55. The van der Waals surface area contributed by atoms with Gasteiger partial charge in [0.2, 0.25) is 0 Å². The Morgan fingerprint density at radius 3 is 2.50 bits per heavy atom. The minimum atomic E-state index is -0.0923. The monoisotopic (exact) mass is 252 g/mol. The van der Waals surface area contributed by atoms with Crippen molar-refractivity contribution in [2.75, 3.05) is 7.11 Å². The Morgan fingerprint density at radius 1 is 1.11 bits per heavy atom. The summed E-state index contributed by atoms with van der Waals surface area (Å²) < 4.78 is 5.89. The fourth-order valence-corrected chi connectivity index (χ4v) is 5.84. The summed E-state index contributed by atoms with van der Waals surface area (Å²) in [5, 5.41) is 10.3. The fraction of sp³-hybridized carbons (Fsp3) is 1.00.